The molecule has 140 valence electrons. The first-order valence-electron chi connectivity index (χ1n) is 7.52. The van der Waals surface area contributed by atoms with Gasteiger partial charge < -0.3 is 10.7 Å². The third-order valence-corrected chi connectivity index (χ3v) is 6.24. The number of hydrogen-bond acceptors (Lipinski definition) is 7. The molecule has 0 bridgehead atoms. The van der Waals surface area contributed by atoms with Gasteiger partial charge in [-0.3, -0.25) is 14.9 Å². The summed E-state index contributed by atoms with van der Waals surface area (Å²) in [6.45, 7) is 0.140. The number of carbonyl (C=O) groups excluding carboxylic acids is 1. The molecule has 0 atom stereocenters. The van der Waals surface area contributed by atoms with Crippen LogP contribution in [0.2, 0.25) is 0 Å². The molecule has 1 aromatic carbocycles. The number of benzene rings is 1. The number of carbonyl (C=O) groups is 1. The summed E-state index contributed by atoms with van der Waals surface area (Å²) in [4.78, 5) is 21.9. The first-order chi connectivity index (χ1) is 12.3. The van der Waals surface area contributed by atoms with Crippen LogP contribution in [0.5, 0.6) is 0 Å². The number of hydrogen-bond donors (Lipinski definition) is 1. The molecule has 1 N–H and O–H groups in total. The molecule has 12 heteroatoms. The van der Waals surface area contributed by atoms with Crippen LogP contribution in [0.1, 0.15) is 17.7 Å². The van der Waals surface area contributed by atoms with Crippen LogP contribution in [0, 0.1) is 15.3 Å². The van der Waals surface area contributed by atoms with Gasteiger partial charge in [0, 0.05) is 36.5 Å². The molecule has 0 aliphatic carbocycles. The molecule has 0 saturated carbocycles. The van der Waals surface area contributed by atoms with Crippen LogP contribution in [0.4, 0.5) is 5.69 Å². The van der Waals surface area contributed by atoms with E-state index >= 15 is 0 Å². The van der Waals surface area contributed by atoms with Gasteiger partial charge in [-0.1, -0.05) is 6.07 Å². The van der Waals surface area contributed by atoms with Crippen LogP contribution in [0.15, 0.2) is 46.7 Å². The van der Waals surface area contributed by atoms with Crippen molar-refractivity contribution in [3.05, 3.63) is 62.0 Å². The minimum Gasteiger partial charge on any atom is -0.759 e. The van der Waals surface area contributed by atoms with Crippen LogP contribution in [0.25, 0.3) is 0 Å². The predicted molar refractivity (Wildman–Crippen MR) is 95.8 cm³/mol. The molecule has 0 radical (unpaired) electrons. The molecule has 0 saturated heterocycles. The van der Waals surface area contributed by atoms with E-state index in [1.165, 1.54) is 33.3 Å². The Balaban J connectivity index is 0.00000364. The molecule has 0 aliphatic rings. The predicted octanol–water partition coefficient (Wildman–Crippen LogP) is -0.755. The van der Waals surface area contributed by atoms with Crippen molar-refractivity contribution in [1.29, 1.82) is 0 Å². The van der Waals surface area contributed by atoms with Crippen LogP contribution in [-0.2, 0) is 21.4 Å². The van der Waals surface area contributed by atoms with Crippen LogP contribution >= 0.6 is 11.3 Å². The SMILES string of the molecule is O=C(CCCN(Cc1cccs1)S(=O)(=O)c1ccc([N+](=O)[O-])cc1)N[O-].[Na+]. The van der Waals surface area contributed by atoms with Crippen LogP contribution in [0.3, 0.4) is 0 Å². The number of nitrogens with zero attached hydrogens (tertiary/aromatic N) is 2. The molecule has 1 aromatic heterocycles. The van der Waals surface area contributed by atoms with Crippen molar-refractivity contribution in [2.45, 2.75) is 24.3 Å². The summed E-state index contributed by atoms with van der Waals surface area (Å²) in [6.07, 6.45) is 0.0753. The number of nitrogens with one attached hydrogen (secondary N) is 1. The van der Waals surface area contributed by atoms with Crippen molar-refractivity contribution >= 4 is 33.0 Å². The Hall–Kier alpha value is -1.34. The Labute approximate surface area is 182 Å². The average Bonchev–Trinajstić information content (AvgIpc) is 3.13. The first-order valence-corrected chi connectivity index (χ1v) is 9.84. The standard InChI is InChI=1S/C15H16N3O6S2.Na/c19-15(16-20)4-1-9-17(11-13-3-2-10-25-13)26(23,24)14-7-5-12(6-8-14)18(21)22;/h2-3,5-8,10H,1,4,9,11H2,(H-,16,19,20);/q-1;+1. The molecule has 0 spiro atoms. The van der Waals surface area contributed by atoms with Gasteiger partial charge in [-0.15, -0.1) is 11.3 Å². The number of nitro groups is 1. The van der Waals surface area contributed by atoms with Gasteiger partial charge in [0.05, 0.1) is 9.82 Å². The van der Waals surface area contributed by atoms with E-state index in [1.54, 1.807) is 12.1 Å². The van der Waals surface area contributed by atoms with Crippen LogP contribution in [-0.4, -0.2) is 30.1 Å². The molecule has 27 heavy (non-hydrogen) atoms. The number of thiophene rings is 1. The van der Waals surface area contributed by atoms with E-state index in [-0.39, 0.29) is 66.1 Å². The zero-order valence-corrected chi connectivity index (χ0v) is 18.2. The quantitative estimate of drug-likeness (QED) is 0.322. The van der Waals surface area contributed by atoms with Gasteiger partial charge in [0.1, 0.15) is 0 Å². The van der Waals surface area contributed by atoms with E-state index in [4.69, 9.17) is 0 Å². The number of nitro benzene ring substituents is 1. The fourth-order valence-electron chi connectivity index (χ4n) is 2.22. The second kappa shape index (κ2) is 10.9. The average molecular weight is 421 g/mol. The fraction of sp³-hybridized carbons (Fsp3) is 0.267. The maximum absolute atomic E-state index is 12.9. The number of rotatable bonds is 9. The Morgan fingerprint density at radius 3 is 2.41 bits per heavy atom. The van der Waals surface area contributed by atoms with Gasteiger partial charge >= 0.3 is 29.6 Å². The molecule has 2 aromatic rings. The number of hydroxylamine groups is 1. The summed E-state index contributed by atoms with van der Waals surface area (Å²) in [5, 5.41) is 22.8. The third kappa shape index (κ3) is 6.64. The monoisotopic (exact) mass is 421 g/mol. The van der Waals surface area contributed by atoms with Crippen molar-refractivity contribution in [2.24, 2.45) is 0 Å². The van der Waals surface area contributed by atoms with Gasteiger partial charge in [0.15, 0.2) is 0 Å². The zero-order valence-electron chi connectivity index (χ0n) is 14.5. The molecule has 1 heterocycles. The van der Waals surface area contributed by atoms with E-state index in [9.17, 15) is 28.5 Å². The Morgan fingerprint density at radius 1 is 1.22 bits per heavy atom. The van der Waals surface area contributed by atoms with Crippen molar-refractivity contribution in [1.82, 2.24) is 9.79 Å². The molecule has 0 fully saturated rings. The van der Waals surface area contributed by atoms with E-state index in [0.717, 1.165) is 17.0 Å². The van der Waals surface area contributed by atoms with Crippen molar-refractivity contribution in [2.75, 3.05) is 6.54 Å². The van der Waals surface area contributed by atoms with Crippen molar-refractivity contribution in [3.63, 3.8) is 0 Å². The molecular weight excluding hydrogens is 405 g/mol. The van der Waals surface area contributed by atoms with E-state index < -0.39 is 20.9 Å². The zero-order chi connectivity index (χ0) is 19.2. The first kappa shape index (κ1) is 23.7. The number of non-ortho nitro benzene ring substituents is 1. The van der Waals surface area contributed by atoms with Crippen molar-refractivity contribution < 1.29 is 47.7 Å². The smallest absolute Gasteiger partial charge is 0.759 e. The maximum atomic E-state index is 12.9. The van der Waals surface area contributed by atoms with Crippen LogP contribution < -0.4 is 35.0 Å². The molecular formula is C15H16N3NaO6S2. The summed E-state index contributed by atoms with van der Waals surface area (Å²) in [6, 6.07) is 8.19. The molecule has 0 aliphatic heterocycles. The minimum absolute atomic E-state index is 0. The normalized spacial score (nSPS) is 11.0. The molecule has 2 rings (SSSR count). The number of amides is 1. The largest absolute Gasteiger partial charge is 1.00 e. The topological polar surface area (TPSA) is 133 Å². The summed E-state index contributed by atoms with van der Waals surface area (Å²) in [5.74, 6) is -0.714. The fourth-order valence-corrected chi connectivity index (χ4v) is 4.47. The minimum atomic E-state index is -3.92. The van der Waals surface area contributed by atoms with Gasteiger partial charge in [-0.25, -0.2) is 8.42 Å². The van der Waals surface area contributed by atoms with Crippen molar-refractivity contribution in [3.8, 4) is 0 Å². The summed E-state index contributed by atoms with van der Waals surface area (Å²) >= 11 is 1.39. The molecule has 1 amide bonds. The number of sulfonamides is 1. The summed E-state index contributed by atoms with van der Waals surface area (Å²) in [7, 11) is -3.92. The third-order valence-electron chi connectivity index (χ3n) is 3.52. The van der Waals surface area contributed by atoms with E-state index in [1.807, 2.05) is 5.38 Å². The van der Waals surface area contributed by atoms with Gasteiger partial charge in [-0.05, 0) is 30.0 Å². The Kier molecular flexibility index (Phi) is 9.53. The van der Waals surface area contributed by atoms with E-state index in [0.29, 0.717) is 0 Å². The maximum Gasteiger partial charge on any atom is 1.00 e. The van der Waals surface area contributed by atoms with Gasteiger partial charge in [0.2, 0.25) is 15.9 Å². The van der Waals surface area contributed by atoms with Gasteiger partial charge in [0.25, 0.3) is 5.69 Å². The molecule has 0 unspecified atom stereocenters. The van der Waals surface area contributed by atoms with Gasteiger partial charge in [-0.2, -0.15) is 4.31 Å². The second-order valence-corrected chi connectivity index (χ2v) is 8.27. The second-order valence-electron chi connectivity index (χ2n) is 5.30. The van der Waals surface area contributed by atoms with E-state index in [2.05, 4.69) is 0 Å². The molecule has 9 nitrogen and oxygen atoms in total. The Bertz CT molecular complexity index is 856. The summed E-state index contributed by atoms with van der Waals surface area (Å²) < 4.78 is 27.0. The Morgan fingerprint density at radius 2 is 1.89 bits per heavy atom. The summed E-state index contributed by atoms with van der Waals surface area (Å²) in [5.41, 5.74) is 1.05.